The average Bonchev–Trinajstić information content (AvgIpc) is 2.76. The number of ether oxygens (including phenoxy) is 1. The molecule has 30 heavy (non-hydrogen) atoms. The molecule has 0 bridgehead atoms. The van der Waals surface area contributed by atoms with Crippen molar-refractivity contribution in [2.75, 3.05) is 22.4 Å². The topological polar surface area (TPSA) is 75.7 Å². The minimum atomic E-state index is -3.44. The van der Waals surface area contributed by atoms with Crippen molar-refractivity contribution >= 4 is 38.9 Å². The van der Waals surface area contributed by atoms with Crippen LogP contribution in [0.4, 0.5) is 11.4 Å². The Hall–Kier alpha value is -3.03. The number of carbonyl (C=O) groups is 1. The molecule has 0 aliphatic rings. The van der Waals surface area contributed by atoms with E-state index in [0.29, 0.717) is 33.5 Å². The lowest BCUT2D eigenvalue weighted by molar-refractivity contribution is 0.102. The zero-order valence-electron chi connectivity index (χ0n) is 16.5. The fourth-order valence-corrected chi connectivity index (χ4v) is 3.69. The van der Waals surface area contributed by atoms with Crippen LogP contribution in [0.15, 0.2) is 72.8 Å². The molecule has 156 valence electrons. The Labute approximate surface area is 181 Å². The van der Waals surface area contributed by atoms with Crippen molar-refractivity contribution < 1.29 is 17.9 Å². The largest absolute Gasteiger partial charge is 0.455 e. The second-order valence-corrected chi connectivity index (χ2v) is 9.15. The Balaban J connectivity index is 1.86. The molecule has 0 fully saturated rings. The van der Waals surface area contributed by atoms with E-state index in [4.69, 9.17) is 16.3 Å². The summed E-state index contributed by atoms with van der Waals surface area (Å²) in [5, 5.41) is 3.23. The summed E-state index contributed by atoms with van der Waals surface area (Å²) in [5.74, 6) is 0.589. The minimum Gasteiger partial charge on any atom is -0.455 e. The van der Waals surface area contributed by atoms with Gasteiger partial charge in [-0.25, -0.2) is 8.42 Å². The van der Waals surface area contributed by atoms with Crippen LogP contribution in [0.25, 0.3) is 0 Å². The maximum Gasteiger partial charge on any atom is 0.255 e. The van der Waals surface area contributed by atoms with Crippen LogP contribution in [0, 0.1) is 0 Å². The molecule has 0 spiro atoms. The van der Waals surface area contributed by atoms with E-state index >= 15 is 0 Å². The van der Waals surface area contributed by atoms with Gasteiger partial charge in [-0.3, -0.25) is 9.10 Å². The molecule has 0 unspecified atom stereocenters. The summed E-state index contributed by atoms with van der Waals surface area (Å²) >= 11 is 6.10. The third kappa shape index (κ3) is 5.11. The van der Waals surface area contributed by atoms with Crippen molar-refractivity contribution in [3.8, 4) is 11.5 Å². The zero-order valence-corrected chi connectivity index (χ0v) is 18.1. The van der Waals surface area contributed by atoms with E-state index in [2.05, 4.69) is 5.32 Å². The van der Waals surface area contributed by atoms with Gasteiger partial charge in [0, 0.05) is 17.6 Å². The van der Waals surface area contributed by atoms with E-state index in [9.17, 15) is 13.2 Å². The van der Waals surface area contributed by atoms with Crippen molar-refractivity contribution in [1.82, 2.24) is 0 Å². The SMILES string of the molecule is CCS(=O)(=O)N(C)c1cccc(C(=O)Nc2cc(Cl)ccc2Oc2ccccc2)c1. The van der Waals surface area contributed by atoms with Crippen molar-refractivity contribution in [3.63, 3.8) is 0 Å². The van der Waals surface area contributed by atoms with Gasteiger partial charge in [-0.05, 0) is 55.5 Å². The number of sulfonamides is 1. The molecule has 0 saturated heterocycles. The van der Waals surface area contributed by atoms with Crippen LogP contribution in [-0.2, 0) is 10.0 Å². The number of hydrogen-bond acceptors (Lipinski definition) is 4. The van der Waals surface area contributed by atoms with Crippen molar-refractivity contribution in [1.29, 1.82) is 0 Å². The van der Waals surface area contributed by atoms with Gasteiger partial charge in [0.15, 0.2) is 5.75 Å². The number of para-hydroxylation sites is 1. The highest BCUT2D eigenvalue weighted by Crippen LogP contribution is 2.32. The van der Waals surface area contributed by atoms with Gasteiger partial charge >= 0.3 is 0 Å². The molecular formula is C22H21ClN2O4S. The molecule has 0 heterocycles. The summed E-state index contributed by atoms with van der Waals surface area (Å²) in [6.07, 6.45) is 0. The lowest BCUT2D eigenvalue weighted by atomic mass is 10.2. The average molecular weight is 445 g/mol. The van der Waals surface area contributed by atoms with Gasteiger partial charge in [0.2, 0.25) is 10.0 Å². The highest BCUT2D eigenvalue weighted by molar-refractivity contribution is 7.92. The van der Waals surface area contributed by atoms with Gasteiger partial charge in [0.25, 0.3) is 5.91 Å². The fourth-order valence-electron chi connectivity index (χ4n) is 2.70. The first-order valence-corrected chi connectivity index (χ1v) is 11.2. The van der Waals surface area contributed by atoms with Crippen LogP contribution < -0.4 is 14.4 Å². The van der Waals surface area contributed by atoms with Gasteiger partial charge in [-0.2, -0.15) is 0 Å². The van der Waals surface area contributed by atoms with Gasteiger partial charge in [0.05, 0.1) is 17.1 Å². The Morgan fingerprint density at radius 3 is 2.47 bits per heavy atom. The van der Waals surface area contributed by atoms with Gasteiger partial charge in [-0.1, -0.05) is 35.9 Å². The Bertz CT molecular complexity index is 1150. The number of halogens is 1. The second-order valence-electron chi connectivity index (χ2n) is 6.43. The van der Waals surface area contributed by atoms with Crippen LogP contribution in [0.3, 0.4) is 0 Å². The van der Waals surface area contributed by atoms with E-state index in [0.717, 1.165) is 4.31 Å². The molecule has 0 aliphatic carbocycles. The maximum absolute atomic E-state index is 12.8. The molecule has 0 aliphatic heterocycles. The molecule has 1 N–H and O–H groups in total. The Morgan fingerprint density at radius 2 is 1.77 bits per heavy atom. The quantitative estimate of drug-likeness (QED) is 0.545. The third-order valence-corrected chi connectivity index (χ3v) is 6.42. The van der Waals surface area contributed by atoms with Crippen molar-refractivity contribution in [2.45, 2.75) is 6.92 Å². The molecule has 0 aromatic heterocycles. The van der Waals surface area contributed by atoms with Gasteiger partial charge in [-0.15, -0.1) is 0 Å². The number of anilines is 2. The van der Waals surface area contributed by atoms with E-state index in [1.165, 1.54) is 13.1 Å². The summed E-state index contributed by atoms with van der Waals surface area (Å²) in [7, 11) is -1.98. The Kier molecular flexibility index (Phi) is 6.64. The molecule has 8 heteroatoms. The molecule has 1 amide bonds. The molecule has 0 saturated carbocycles. The number of benzene rings is 3. The van der Waals surface area contributed by atoms with Crippen LogP contribution >= 0.6 is 11.6 Å². The van der Waals surface area contributed by atoms with Crippen molar-refractivity contribution in [2.24, 2.45) is 0 Å². The maximum atomic E-state index is 12.8. The molecular weight excluding hydrogens is 424 g/mol. The van der Waals surface area contributed by atoms with Crippen LogP contribution in [0.1, 0.15) is 17.3 Å². The van der Waals surface area contributed by atoms with Gasteiger partial charge in [0.1, 0.15) is 5.75 Å². The monoisotopic (exact) mass is 444 g/mol. The highest BCUT2D eigenvalue weighted by atomic mass is 35.5. The lowest BCUT2D eigenvalue weighted by Gasteiger charge is -2.19. The van der Waals surface area contributed by atoms with Crippen LogP contribution in [0.2, 0.25) is 5.02 Å². The second kappa shape index (κ2) is 9.19. The molecule has 3 aromatic rings. The highest BCUT2D eigenvalue weighted by Gasteiger charge is 2.18. The van der Waals surface area contributed by atoms with E-state index in [1.54, 1.807) is 55.5 Å². The molecule has 0 radical (unpaired) electrons. The first kappa shape index (κ1) is 21.7. The minimum absolute atomic E-state index is 0.0391. The third-order valence-electron chi connectivity index (χ3n) is 4.41. The number of amides is 1. The van der Waals surface area contributed by atoms with E-state index in [-0.39, 0.29) is 5.75 Å². The fraction of sp³-hybridized carbons (Fsp3) is 0.136. The Morgan fingerprint density at radius 1 is 1.03 bits per heavy atom. The first-order chi connectivity index (χ1) is 14.3. The molecule has 0 atom stereocenters. The predicted octanol–water partition coefficient (Wildman–Crippen LogP) is 5.17. The summed E-state index contributed by atoms with van der Waals surface area (Å²) in [5.41, 5.74) is 1.10. The van der Waals surface area contributed by atoms with E-state index in [1.807, 2.05) is 18.2 Å². The lowest BCUT2D eigenvalue weighted by Crippen LogP contribution is -2.28. The standard InChI is InChI=1S/C22H21ClN2O4S/c1-3-30(27,28)25(2)18-9-7-8-16(14-18)22(26)24-20-15-17(23)12-13-21(20)29-19-10-5-4-6-11-19/h4-15H,3H2,1-2H3,(H,24,26). The summed E-state index contributed by atoms with van der Waals surface area (Å²) in [6, 6.07) is 20.5. The number of rotatable bonds is 7. The number of nitrogens with one attached hydrogen (secondary N) is 1. The van der Waals surface area contributed by atoms with E-state index < -0.39 is 15.9 Å². The zero-order chi connectivity index (χ0) is 21.7. The molecule has 3 aromatic carbocycles. The number of hydrogen-bond donors (Lipinski definition) is 1. The molecule has 6 nitrogen and oxygen atoms in total. The summed E-state index contributed by atoms with van der Waals surface area (Å²) in [4.78, 5) is 12.8. The number of nitrogens with zero attached hydrogens (tertiary/aromatic N) is 1. The van der Waals surface area contributed by atoms with Crippen LogP contribution in [0.5, 0.6) is 11.5 Å². The number of carbonyl (C=O) groups excluding carboxylic acids is 1. The van der Waals surface area contributed by atoms with Gasteiger partial charge < -0.3 is 10.1 Å². The molecule has 3 rings (SSSR count). The predicted molar refractivity (Wildman–Crippen MR) is 120 cm³/mol. The first-order valence-electron chi connectivity index (χ1n) is 9.20. The van der Waals surface area contributed by atoms with Crippen molar-refractivity contribution in [3.05, 3.63) is 83.4 Å². The summed E-state index contributed by atoms with van der Waals surface area (Å²) in [6.45, 7) is 1.57. The summed E-state index contributed by atoms with van der Waals surface area (Å²) < 4.78 is 31.3. The van der Waals surface area contributed by atoms with Crippen LogP contribution in [-0.4, -0.2) is 27.1 Å². The normalized spacial score (nSPS) is 11.0. The smallest absolute Gasteiger partial charge is 0.255 e.